The molecule has 1 N–H and O–H groups in total. The Labute approximate surface area is 96.3 Å². The van der Waals surface area contributed by atoms with Gasteiger partial charge in [-0.05, 0) is 13.8 Å². The second-order valence-corrected chi connectivity index (χ2v) is 4.65. The van der Waals surface area contributed by atoms with Crippen LogP contribution in [-0.4, -0.2) is 26.2 Å². The van der Waals surface area contributed by atoms with Crippen LogP contribution in [-0.2, 0) is 28.0 Å². The molecule has 0 aliphatic heterocycles. The van der Waals surface area contributed by atoms with E-state index in [0.29, 0.717) is 0 Å². The van der Waals surface area contributed by atoms with E-state index in [2.05, 4.69) is 13.0 Å². The van der Waals surface area contributed by atoms with E-state index in [4.69, 9.17) is 4.55 Å². The molecule has 7 nitrogen and oxygen atoms in total. The maximum atomic E-state index is 11.2. The van der Waals surface area contributed by atoms with E-state index in [-0.39, 0.29) is 33.5 Å². The van der Waals surface area contributed by atoms with Crippen LogP contribution in [0.5, 0.6) is 0 Å². The van der Waals surface area contributed by atoms with Gasteiger partial charge in [0.1, 0.15) is 0 Å². The van der Waals surface area contributed by atoms with Crippen LogP contribution in [0.2, 0.25) is 0 Å². The van der Waals surface area contributed by atoms with Crippen molar-refractivity contribution in [3.63, 3.8) is 0 Å². The Morgan fingerprint density at radius 2 is 1.64 bits per heavy atom. The average molecular weight is 242 g/mol. The van der Waals surface area contributed by atoms with Crippen molar-refractivity contribution in [2.45, 2.75) is 13.8 Å². The van der Waals surface area contributed by atoms with Gasteiger partial charge in [0.2, 0.25) is 0 Å². The molecule has 0 aromatic rings. The summed E-state index contributed by atoms with van der Waals surface area (Å²) >= 11 is 0. The fraction of sp³-hybridized carbons (Fsp3) is 1.00. The van der Waals surface area contributed by atoms with E-state index in [1.807, 2.05) is 0 Å². The zero-order valence-corrected chi connectivity index (χ0v) is 9.88. The summed E-state index contributed by atoms with van der Waals surface area (Å²) in [5.74, 6) is 0. The molecule has 0 aromatic heterocycles. The fourth-order valence-corrected chi connectivity index (χ4v) is 2.49. The summed E-state index contributed by atoms with van der Waals surface area (Å²) in [5.41, 5.74) is 0. The van der Waals surface area contributed by atoms with Crippen molar-refractivity contribution in [2.24, 2.45) is 0 Å². The molecule has 0 aliphatic carbocycles. The molecule has 10 heteroatoms. The molecule has 0 saturated carbocycles. The fourth-order valence-electron chi connectivity index (χ4n) is 0.512. The van der Waals surface area contributed by atoms with Gasteiger partial charge in [-0.25, -0.2) is 4.57 Å². The Balaban J connectivity index is -0.000000720. The zero-order chi connectivity index (χ0) is 10.5. The van der Waals surface area contributed by atoms with Crippen LogP contribution in [0.15, 0.2) is 0 Å². The Morgan fingerprint density at radius 1 is 1.29 bits per heavy atom. The Bertz CT molecular complexity index is 283. The van der Waals surface area contributed by atoms with Crippen LogP contribution in [0.25, 0.3) is 0 Å². The number of phosphoric ester groups is 1. The van der Waals surface area contributed by atoms with Crippen molar-refractivity contribution in [2.75, 3.05) is 13.2 Å². The topological polar surface area (TPSA) is 99.1 Å². The molecule has 0 atom stereocenters. The van der Waals surface area contributed by atoms with Crippen molar-refractivity contribution < 1.29 is 50.8 Å². The van der Waals surface area contributed by atoms with Crippen LogP contribution in [0.4, 0.5) is 0 Å². The third-order valence-corrected chi connectivity index (χ3v) is 3.39. The molecule has 82 valence electrons. The SMILES string of the molecule is CCOP(=O)(OCC)OS(=O)(=O)O.[H-].[Li+]. The van der Waals surface area contributed by atoms with Crippen LogP contribution < -0.4 is 18.9 Å². The van der Waals surface area contributed by atoms with Crippen molar-refractivity contribution in [1.82, 2.24) is 0 Å². The number of phosphoric acid groups is 1. The van der Waals surface area contributed by atoms with Gasteiger partial charge in [0.25, 0.3) is 0 Å². The van der Waals surface area contributed by atoms with Crippen molar-refractivity contribution >= 4 is 18.2 Å². The van der Waals surface area contributed by atoms with Gasteiger partial charge >= 0.3 is 37.1 Å². The zero-order valence-electron chi connectivity index (χ0n) is 9.17. The predicted octanol–water partition coefficient (Wildman–Crippen LogP) is -1.90. The third-order valence-electron chi connectivity index (χ3n) is 0.760. The standard InChI is InChI=1S/C4H11O7PS.Li.H/c1-3-9-12(5,10-4-2)11-13(6,7)8;;/h3-4H2,1-2H3,(H,6,7,8);;/q;+1;-1. The molecule has 0 aliphatic rings. The molecular formula is C4H12LiO7PS. The Hall–Kier alpha value is 0.617. The molecule has 0 saturated heterocycles. The second kappa shape index (κ2) is 6.98. The van der Waals surface area contributed by atoms with Gasteiger partial charge in [-0.15, -0.1) is 3.97 Å². The first kappa shape index (κ1) is 17.0. The molecule has 0 rings (SSSR count). The number of rotatable bonds is 6. The first-order valence-electron chi connectivity index (χ1n) is 3.40. The maximum absolute atomic E-state index is 11.2. The van der Waals surface area contributed by atoms with E-state index in [1.54, 1.807) is 0 Å². The summed E-state index contributed by atoms with van der Waals surface area (Å²) in [7, 11) is -9.02. The van der Waals surface area contributed by atoms with Crippen molar-refractivity contribution in [3.8, 4) is 0 Å². The summed E-state index contributed by atoms with van der Waals surface area (Å²) < 4.78 is 52.4. The minimum absolute atomic E-state index is 0. The van der Waals surface area contributed by atoms with Crippen LogP contribution in [0.3, 0.4) is 0 Å². The molecule has 0 aromatic carbocycles. The smallest absolute Gasteiger partial charge is 1.00 e. The maximum Gasteiger partial charge on any atom is 1.00 e. The Morgan fingerprint density at radius 3 is 1.86 bits per heavy atom. The van der Waals surface area contributed by atoms with Gasteiger partial charge in [0, 0.05) is 0 Å². The largest absolute Gasteiger partial charge is 1.00 e. The quantitative estimate of drug-likeness (QED) is 0.330. The van der Waals surface area contributed by atoms with E-state index in [1.165, 1.54) is 13.8 Å². The summed E-state index contributed by atoms with van der Waals surface area (Å²) in [6.07, 6.45) is 0. The molecular weight excluding hydrogens is 230 g/mol. The summed E-state index contributed by atoms with van der Waals surface area (Å²) in [6.45, 7) is 2.82. The van der Waals surface area contributed by atoms with Crippen LogP contribution >= 0.6 is 7.82 Å². The molecule has 0 bridgehead atoms. The van der Waals surface area contributed by atoms with Gasteiger partial charge in [0.15, 0.2) is 0 Å². The van der Waals surface area contributed by atoms with Gasteiger partial charge in [0.05, 0.1) is 13.2 Å². The van der Waals surface area contributed by atoms with E-state index in [9.17, 15) is 13.0 Å². The van der Waals surface area contributed by atoms with Crippen molar-refractivity contribution in [3.05, 3.63) is 0 Å². The molecule has 0 fully saturated rings. The first-order chi connectivity index (χ1) is 5.83. The normalized spacial score (nSPS) is 12.2. The van der Waals surface area contributed by atoms with Gasteiger partial charge < -0.3 is 1.43 Å². The number of hydrogen-bond acceptors (Lipinski definition) is 6. The molecule has 0 heterocycles. The van der Waals surface area contributed by atoms with Gasteiger partial charge in [-0.2, -0.15) is 8.42 Å². The van der Waals surface area contributed by atoms with E-state index < -0.39 is 18.2 Å². The predicted molar refractivity (Wildman–Crippen MR) is 44.6 cm³/mol. The van der Waals surface area contributed by atoms with Crippen molar-refractivity contribution in [1.29, 1.82) is 0 Å². The minimum Gasteiger partial charge on any atom is -1.00 e. The molecule has 0 amide bonds. The summed E-state index contributed by atoms with van der Waals surface area (Å²) in [6, 6.07) is 0. The van der Waals surface area contributed by atoms with Gasteiger partial charge in [-0.3, -0.25) is 13.6 Å². The van der Waals surface area contributed by atoms with Crippen LogP contribution in [0, 0.1) is 0 Å². The molecule has 0 radical (unpaired) electrons. The summed E-state index contributed by atoms with van der Waals surface area (Å²) in [4.78, 5) is 0. The average Bonchev–Trinajstić information content (AvgIpc) is 1.82. The third kappa shape index (κ3) is 7.97. The number of hydrogen-bond donors (Lipinski definition) is 1. The molecule has 0 unspecified atom stereocenters. The van der Waals surface area contributed by atoms with Crippen LogP contribution in [0.1, 0.15) is 15.3 Å². The van der Waals surface area contributed by atoms with E-state index >= 15 is 0 Å². The first-order valence-corrected chi connectivity index (χ1v) is 6.23. The molecule has 0 spiro atoms. The van der Waals surface area contributed by atoms with Gasteiger partial charge in [-0.1, -0.05) is 0 Å². The molecule has 14 heavy (non-hydrogen) atoms. The van der Waals surface area contributed by atoms with E-state index in [0.717, 1.165) is 0 Å². The summed E-state index contributed by atoms with van der Waals surface area (Å²) in [5, 5.41) is 0. The minimum atomic E-state index is -4.84. The second-order valence-electron chi connectivity index (χ2n) is 1.79. The monoisotopic (exact) mass is 242 g/mol. The Kier molecular flexibility index (Phi) is 8.49.